The molecular formula is C20H25ClN6O. The van der Waals surface area contributed by atoms with Crippen LogP contribution in [0.25, 0.3) is 0 Å². The van der Waals surface area contributed by atoms with Crippen molar-refractivity contribution in [1.82, 2.24) is 19.5 Å². The van der Waals surface area contributed by atoms with Crippen LogP contribution in [0.5, 0.6) is 0 Å². The summed E-state index contributed by atoms with van der Waals surface area (Å²) in [6.45, 7) is 2.39. The first-order valence-corrected chi connectivity index (χ1v) is 10.7. The Kier molecular flexibility index (Phi) is 4.70. The summed E-state index contributed by atoms with van der Waals surface area (Å²) < 4.78 is 1.94. The lowest BCUT2D eigenvalue weighted by molar-refractivity contribution is 0.279. The van der Waals surface area contributed by atoms with Crippen LogP contribution >= 0.6 is 11.6 Å². The number of nitrogens with one attached hydrogen (secondary N) is 1. The van der Waals surface area contributed by atoms with Gasteiger partial charge in [0, 0.05) is 43.4 Å². The number of fused-ring (bicyclic) bond motifs is 4. The lowest BCUT2D eigenvalue weighted by Gasteiger charge is -2.42. The van der Waals surface area contributed by atoms with Gasteiger partial charge in [-0.1, -0.05) is 25.3 Å². The van der Waals surface area contributed by atoms with Crippen molar-refractivity contribution in [2.45, 2.75) is 57.0 Å². The van der Waals surface area contributed by atoms with Crippen molar-refractivity contribution in [3.8, 4) is 0 Å². The van der Waals surface area contributed by atoms with Crippen LogP contribution in [-0.2, 0) is 6.54 Å². The highest BCUT2D eigenvalue weighted by Crippen LogP contribution is 2.36. The normalized spacial score (nSPS) is 24.7. The monoisotopic (exact) mass is 400 g/mol. The second kappa shape index (κ2) is 7.35. The highest BCUT2D eigenvalue weighted by Gasteiger charge is 2.35. The number of hydrogen-bond donors (Lipinski definition) is 1. The summed E-state index contributed by atoms with van der Waals surface area (Å²) in [5.41, 5.74) is 1.22. The molecule has 1 saturated carbocycles. The van der Waals surface area contributed by atoms with Crippen molar-refractivity contribution in [1.29, 1.82) is 0 Å². The first-order valence-electron chi connectivity index (χ1n) is 10.3. The molecule has 0 amide bonds. The van der Waals surface area contributed by atoms with Gasteiger partial charge in [-0.05, 0) is 42.8 Å². The zero-order valence-electron chi connectivity index (χ0n) is 15.9. The van der Waals surface area contributed by atoms with Gasteiger partial charge >= 0.3 is 0 Å². The Balaban J connectivity index is 1.39. The Morgan fingerprint density at radius 1 is 1.04 bits per heavy atom. The number of anilines is 2. The van der Waals surface area contributed by atoms with Crippen molar-refractivity contribution in [3.63, 3.8) is 0 Å². The quantitative estimate of drug-likeness (QED) is 0.853. The van der Waals surface area contributed by atoms with Gasteiger partial charge in [0.2, 0.25) is 17.2 Å². The van der Waals surface area contributed by atoms with Gasteiger partial charge in [0.1, 0.15) is 0 Å². The predicted molar refractivity (Wildman–Crippen MR) is 109 cm³/mol. The number of halogens is 1. The summed E-state index contributed by atoms with van der Waals surface area (Å²) in [5, 5.41) is 3.69. The second-order valence-electron chi connectivity index (χ2n) is 8.31. The molecule has 1 N–H and O–H groups in total. The van der Waals surface area contributed by atoms with Gasteiger partial charge < -0.3 is 14.8 Å². The van der Waals surface area contributed by atoms with Gasteiger partial charge in [-0.3, -0.25) is 4.79 Å². The minimum absolute atomic E-state index is 0.0998. The summed E-state index contributed by atoms with van der Waals surface area (Å²) in [6, 6.07) is 6.00. The summed E-state index contributed by atoms with van der Waals surface area (Å²) in [4.78, 5) is 27.8. The maximum absolute atomic E-state index is 12.2. The molecule has 0 unspecified atom stereocenters. The van der Waals surface area contributed by atoms with E-state index >= 15 is 0 Å². The van der Waals surface area contributed by atoms with Crippen LogP contribution in [0.15, 0.2) is 23.0 Å². The highest BCUT2D eigenvalue weighted by molar-refractivity contribution is 6.28. The average molecular weight is 401 g/mol. The molecule has 2 fully saturated rings. The van der Waals surface area contributed by atoms with Crippen molar-refractivity contribution in [2.75, 3.05) is 23.3 Å². The fourth-order valence-electron chi connectivity index (χ4n) is 5.03. The molecule has 1 saturated heterocycles. The minimum atomic E-state index is 0.0998. The van der Waals surface area contributed by atoms with Crippen LogP contribution in [0.2, 0.25) is 5.28 Å². The Morgan fingerprint density at radius 2 is 1.89 bits per heavy atom. The zero-order valence-corrected chi connectivity index (χ0v) is 16.6. The first-order chi connectivity index (χ1) is 13.7. The summed E-state index contributed by atoms with van der Waals surface area (Å²) in [5.74, 6) is 1.94. The maximum Gasteiger partial charge on any atom is 0.250 e. The fourth-order valence-corrected chi connectivity index (χ4v) is 5.19. The van der Waals surface area contributed by atoms with Gasteiger partial charge in [-0.2, -0.15) is 15.0 Å². The summed E-state index contributed by atoms with van der Waals surface area (Å²) in [7, 11) is 0. The zero-order chi connectivity index (χ0) is 19.1. The topological polar surface area (TPSA) is 75.9 Å². The number of pyridine rings is 1. The van der Waals surface area contributed by atoms with Crippen molar-refractivity contribution < 1.29 is 0 Å². The summed E-state index contributed by atoms with van der Waals surface area (Å²) in [6.07, 6.45) is 7.21. The number of nitrogens with zero attached hydrogens (tertiary/aromatic N) is 5. The number of hydrogen-bond acceptors (Lipinski definition) is 6. The van der Waals surface area contributed by atoms with E-state index in [1.165, 1.54) is 19.3 Å². The van der Waals surface area contributed by atoms with Crippen LogP contribution < -0.4 is 15.8 Å². The molecule has 0 radical (unpaired) electrons. The molecule has 0 aromatic carbocycles. The third-order valence-corrected chi connectivity index (χ3v) is 6.47. The van der Waals surface area contributed by atoms with E-state index < -0.39 is 0 Å². The van der Waals surface area contributed by atoms with E-state index in [0.717, 1.165) is 44.6 Å². The standard InChI is InChI=1S/C20H25ClN6O/c21-18-23-19(22-15-5-2-1-3-6-15)25-20(24-18)26-10-13-9-14(12-26)16-7-4-8-17(28)27(16)11-13/h4,7-8,13-15H,1-3,5-6,9-12H2,(H,22,23,24,25)/t13-,14-/m0/s1. The molecule has 2 aliphatic heterocycles. The Morgan fingerprint density at radius 3 is 2.75 bits per heavy atom. The molecule has 28 heavy (non-hydrogen) atoms. The molecule has 0 spiro atoms. The molecule has 2 aromatic rings. The van der Waals surface area contributed by atoms with Gasteiger partial charge in [0.25, 0.3) is 5.56 Å². The Hall–Kier alpha value is -2.15. The van der Waals surface area contributed by atoms with E-state index in [-0.39, 0.29) is 10.8 Å². The average Bonchev–Trinajstić information content (AvgIpc) is 2.69. The van der Waals surface area contributed by atoms with E-state index in [4.69, 9.17) is 16.6 Å². The number of piperidine rings is 1. The van der Waals surface area contributed by atoms with Crippen molar-refractivity contribution in [2.24, 2.45) is 5.92 Å². The van der Waals surface area contributed by atoms with E-state index in [1.807, 2.05) is 10.6 Å². The van der Waals surface area contributed by atoms with Gasteiger partial charge in [0.15, 0.2) is 0 Å². The first kappa shape index (κ1) is 17.9. The van der Waals surface area contributed by atoms with Gasteiger partial charge in [-0.25, -0.2) is 0 Å². The van der Waals surface area contributed by atoms with Gasteiger partial charge in [0.05, 0.1) is 0 Å². The van der Waals surface area contributed by atoms with Crippen LogP contribution in [0, 0.1) is 5.92 Å². The van der Waals surface area contributed by atoms with Crippen LogP contribution in [-0.4, -0.2) is 38.7 Å². The predicted octanol–water partition coefficient (Wildman–Crippen LogP) is 3.06. The van der Waals surface area contributed by atoms with E-state index in [2.05, 4.69) is 26.3 Å². The highest BCUT2D eigenvalue weighted by atomic mass is 35.5. The molecule has 1 aliphatic carbocycles. The lowest BCUT2D eigenvalue weighted by atomic mass is 9.83. The van der Waals surface area contributed by atoms with Crippen LogP contribution in [0.1, 0.15) is 50.1 Å². The SMILES string of the molecule is O=c1cccc2n1C[C@H]1C[C@H]2CN(c2nc(Cl)nc(NC3CCCCC3)n2)C1. The largest absolute Gasteiger partial charge is 0.351 e. The van der Waals surface area contributed by atoms with Crippen LogP contribution in [0.3, 0.4) is 0 Å². The molecule has 5 rings (SSSR count). The minimum Gasteiger partial charge on any atom is -0.351 e. The van der Waals surface area contributed by atoms with Gasteiger partial charge in [-0.15, -0.1) is 0 Å². The van der Waals surface area contributed by atoms with Crippen LogP contribution in [0.4, 0.5) is 11.9 Å². The Bertz CT molecular complexity index is 925. The van der Waals surface area contributed by atoms with Crippen molar-refractivity contribution >= 4 is 23.5 Å². The molecule has 4 heterocycles. The summed E-state index contributed by atoms with van der Waals surface area (Å²) >= 11 is 6.24. The van der Waals surface area contributed by atoms with E-state index in [0.29, 0.717) is 29.8 Å². The smallest absolute Gasteiger partial charge is 0.250 e. The molecule has 2 atom stereocenters. The third kappa shape index (κ3) is 3.48. The lowest BCUT2D eigenvalue weighted by Crippen LogP contribution is -2.47. The molecule has 3 aliphatic rings. The fraction of sp³-hybridized carbons (Fsp3) is 0.600. The van der Waals surface area contributed by atoms with E-state index in [9.17, 15) is 4.79 Å². The molecule has 2 aromatic heterocycles. The Labute approximate surface area is 169 Å². The maximum atomic E-state index is 12.2. The number of rotatable bonds is 3. The molecule has 8 heteroatoms. The molecule has 7 nitrogen and oxygen atoms in total. The third-order valence-electron chi connectivity index (χ3n) is 6.30. The van der Waals surface area contributed by atoms with Crippen molar-refractivity contribution in [3.05, 3.63) is 39.5 Å². The van der Waals surface area contributed by atoms with E-state index in [1.54, 1.807) is 6.07 Å². The molecule has 148 valence electrons. The second-order valence-corrected chi connectivity index (χ2v) is 8.65. The molecular weight excluding hydrogens is 376 g/mol. The number of aromatic nitrogens is 4. The molecule has 2 bridgehead atoms.